The summed E-state index contributed by atoms with van der Waals surface area (Å²) in [7, 11) is 0. The molecule has 0 saturated heterocycles. The van der Waals surface area contributed by atoms with Crippen LogP contribution in [0, 0.1) is 0 Å². The van der Waals surface area contributed by atoms with Crippen molar-refractivity contribution in [1.29, 1.82) is 0 Å². The quantitative estimate of drug-likeness (QED) is 0.461. The molecule has 0 spiro atoms. The van der Waals surface area contributed by atoms with Crippen LogP contribution >= 0.6 is 11.8 Å². The minimum Gasteiger partial charge on any atom is -0.325 e. The lowest BCUT2D eigenvalue weighted by Crippen LogP contribution is -2.41. The highest BCUT2D eigenvalue weighted by Crippen LogP contribution is 2.39. The van der Waals surface area contributed by atoms with Gasteiger partial charge < -0.3 is 10.7 Å². The fraction of sp³-hybridized carbons (Fsp3) is 0.160. The zero-order chi connectivity index (χ0) is 21.9. The number of nitrogens with zero attached hydrogens (tertiary/aromatic N) is 3. The molecule has 160 valence electrons. The molecule has 0 saturated carbocycles. The Morgan fingerprint density at radius 3 is 2.41 bits per heavy atom. The molecule has 3 aromatic carbocycles. The van der Waals surface area contributed by atoms with E-state index in [9.17, 15) is 4.79 Å². The Labute approximate surface area is 191 Å². The predicted molar refractivity (Wildman–Crippen MR) is 128 cm³/mol. The standard InChI is InChI=1S/C25H23N5OS/c1-2-17-11-9-10-16-20(17)26-24(31)22-21(18-12-5-3-6-13-18)29-30-23(27-28-25(30)32-22)19-14-7-4-8-15-19/h3-16,21-22,29H,2H2,1H3,(H,26,31)/t21-,22-/m0/s1. The van der Waals surface area contributed by atoms with Crippen molar-refractivity contribution in [2.75, 3.05) is 10.7 Å². The molecule has 0 radical (unpaired) electrons. The third-order valence-corrected chi connectivity index (χ3v) is 6.76. The van der Waals surface area contributed by atoms with Crippen molar-refractivity contribution in [2.24, 2.45) is 0 Å². The molecule has 0 aliphatic carbocycles. The number of para-hydroxylation sites is 1. The summed E-state index contributed by atoms with van der Waals surface area (Å²) in [6.45, 7) is 2.09. The van der Waals surface area contributed by atoms with Crippen LogP contribution in [0.2, 0.25) is 0 Å². The van der Waals surface area contributed by atoms with Gasteiger partial charge in [0.1, 0.15) is 5.25 Å². The van der Waals surface area contributed by atoms with Gasteiger partial charge in [-0.1, -0.05) is 97.5 Å². The molecule has 1 aliphatic rings. The van der Waals surface area contributed by atoms with Gasteiger partial charge in [-0.25, -0.2) is 4.68 Å². The number of fused-ring (bicyclic) bond motifs is 1. The number of amides is 1. The average Bonchev–Trinajstić information content (AvgIpc) is 3.27. The van der Waals surface area contributed by atoms with Gasteiger partial charge in [0.15, 0.2) is 5.82 Å². The Bertz CT molecular complexity index is 1230. The van der Waals surface area contributed by atoms with E-state index in [4.69, 9.17) is 0 Å². The third-order valence-electron chi connectivity index (χ3n) is 5.54. The van der Waals surface area contributed by atoms with Crippen molar-refractivity contribution in [3.05, 3.63) is 96.1 Å². The van der Waals surface area contributed by atoms with Crippen molar-refractivity contribution in [2.45, 2.75) is 29.8 Å². The van der Waals surface area contributed by atoms with E-state index in [1.165, 1.54) is 11.8 Å². The van der Waals surface area contributed by atoms with E-state index in [1.807, 2.05) is 89.6 Å². The molecule has 1 aliphatic heterocycles. The van der Waals surface area contributed by atoms with Gasteiger partial charge in [0, 0.05) is 11.3 Å². The second kappa shape index (κ2) is 8.88. The Kier molecular flexibility index (Phi) is 5.64. The smallest absolute Gasteiger partial charge is 0.240 e. The predicted octanol–water partition coefficient (Wildman–Crippen LogP) is 4.91. The first-order chi connectivity index (χ1) is 15.7. The highest BCUT2D eigenvalue weighted by atomic mass is 32.2. The number of hydrogen-bond acceptors (Lipinski definition) is 5. The zero-order valence-corrected chi connectivity index (χ0v) is 18.4. The molecular weight excluding hydrogens is 418 g/mol. The number of nitrogens with one attached hydrogen (secondary N) is 2. The van der Waals surface area contributed by atoms with Crippen LogP contribution in [0.1, 0.15) is 24.1 Å². The van der Waals surface area contributed by atoms with Crippen molar-refractivity contribution in [1.82, 2.24) is 14.9 Å². The van der Waals surface area contributed by atoms with Crippen molar-refractivity contribution in [3.63, 3.8) is 0 Å². The van der Waals surface area contributed by atoms with Crippen molar-refractivity contribution < 1.29 is 4.79 Å². The molecule has 1 amide bonds. The summed E-state index contributed by atoms with van der Waals surface area (Å²) in [5.41, 5.74) is 7.47. The lowest BCUT2D eigenvalue weighted by Gasteiger charge is -2.33. The molecule has 4 aromatic rings. The monoisotopic (exact) mass is 441 g/mol. The zero-order valence-electron chi connectivity index (χ0n) is 17.6. The SMILES string of the molecule is CCc1ccccc1NC(=O)[C@H]1Sc2nnc(-c3ccccc3)n2N[C@H]1c1ccccc1. The minimum absolute atomic E-state index is 0.0623. The van der Waals surface area contributed by atoms with Gasteiger partial charge in [-0.15, -0.1) is 10.2 Å². The summed E-state index contributed by atoms with van der Waals surface area (Å²) in [6, 6.07) is 27.6. The molecule has 0 bridgehead atoms. The summed E-state index contributed by atoms with van der Waals surface area (Å²) in [6.07, 6.45) is 0.851. The lowest BCUT2D eigenvalue weighted by atomic mass is 10.0. The largest absolute Gasteiger partial charge is 0.325 e. The van der Waals surface area contributed by atoms with Crippen molar-refractivity contribution in [3.8, 4) is 11.4 Å². The first kappa shape index (κ1) is 20.3. The van der Waals surface area contributed by atoms with Crippen LogP contribution in [0.5, 0.6) is 0 Å². The van der Waals surface area contributed by atoms with Crippen LogP contribution in [0.15, 0.2) is 90.1 Å². The van der Waals surface area contributed by atoms with Crippen LogP contribution in [0.3, 0.4) is 0 Å². The molecule has 7 heteroatoms. The Hall–Kier alpha value is -3.58. The summed E-state index contributed by atoms with van der Waals surface area (Å²) < 4.78 is 1.89. The van der Waals surface area contributed by atoms with Crippen LogP contribution in [0.25, 0.3) is 11.4 Å². The van der Waals surface area contributed by atoms with Crippen LogP contribution in [-0.2, 0) is 11.2 Å². The minimum atomic E-state index is -0.414. The van der Waals surface area contributed by atoms with E-state index in [0.29, 0.717) is 5.16 Å². The Morgan fingerprint density at radius 1 is 0.969 bits per heavy atom. The van der Waals surface area contributed by atoms with E-state index in [0.717, 1.165) is 34.6 Å². The van der Waals surface area contributed by atoms with Crippen LogP contribution in [0.4, 0.5) is 5.69 Å². The number of rotatable bonds is 5. The number of benzene rings is 3. The normalized spacial score (nSPS) is 17.3. The second-order valence-electron chi connectivity index (χ2n) is 7.56. The first-order valence-electron chi connectivity index (χ1n) is 10.6. The number of aromatic nitrogens is 3. The van der Waals surface area contributed by atoms with Gasteiger partial charge in [0.25, 0.3) is 0 Å². The molecule has 0 unspecified atom stereocenters. The fourth-order valence-corrected chi connectivity index (χ4v) is 4.97. The second-order valence-corrected chi connectivity index (χ2v) is 8.67. The molecule has 2 atom stereocenters. The first-order valence-corrected chi connectivity index (χ1v) is 11.5. The van der Waals surface area contributed by atoms with Gasteiger partial charge in [-0.2, -0.15) is 0 Å². The van der Waals surface area contributed by atoms with E-state index in [2.05, 4.69) is 27.9 Å². The topological polar surface area (TPSA) is 71.8 Å². The lowest BCUT2D eigenvalue weighted by molar-refractivity contribution is -0.116. The third kappa shape index (κ3) is 3.87. The number of thioether (sulfide) groups is 1. The molecule has 6 nitrogen and oxygen atoms in total. The van der Waals surface area contributed by atoms with Crippen molar-refractivity contribution >= 4 is 23.4 Å². The Balaban J connectivity index is 1.51. The maximum Gasteiger partial charge on any atom is 0.240 e. The van der Waals surface area contributed by atoms with E-state index < -0.39 is 5.25 Å². The molecule has 32 heavy (non-hydrogen) atoms. The van der Waals surface area contributed by atoms with Crippen LogP contribution in [-0.4, -0.2) is 26.0 Å². The highest BCUT2D eigenvalue weighted by molar-refractivity contribution is 8.00. The van der Waals surface area contributed by atoms with Gasteiger partial charge in [0.05, 0.1) is 6.04 Å². The number of aryl methyl sites for hydroxylation is 1. The highest BCUT2D eigenvalue weighted by Gasteiger charge is 2.38. The number of carbonyl (C=O) groups is 1. The molecule has 5 rings (SSSR count). The van der Waals surface area contributed by atoms with Gasteiger partial charge in [-0.05, 0) is 23.6 Å². The van der Waals surface area contributed by atoms with E-state index in [-0.39, 0.29) is 11.9 Å². The number of anilines is 1. The van der Waals surface area contributed by atoms with E-state index in [1.54, 1.807) is 0 Å². The van der Waals surface area contributed by atoms with E-state index >= 15 is 0 Å². The summed E-state index contributed by atoms with van der Waals surface area (Å²) in [5.74, 6) is 0.664. The maximum absolute atomic E-state index is 13.5. The Morgan fingerprint density at radius 2 is 1.66 bits per heavy atom. The van der Waals surface area contributed by atoms with Gasteiger partial charge in [0.2, 0.25) is 11.1 Å². The molecule has 2 N–H and O–H groups in total. The fourth-order valence-electron chi connectivity index (χ4n) is 3.89. The molecule has 2 heterocycles. The van der Waals surface area contributed by atoms with Gasteiger partial charge in [-0.3, -0.25) is 4.79 Å². The van der Waals surface area contributed by atoms with Crippen LogP contribution < -0.4 is 10.7 Å². The number of hydrogen-bond donors (Lipinski definition) is 2. The average molecular weight is 442 g/mol. The molecular formula is C25H23N5OS. The summed E-state index contributed by atoms with van der Waals surface area (Å²) in [4.78, 5) is 13.5. The maximum atomic E-state index is 13.5. The van der Waals surface area contributed by atoms with Gasteiger partial charge >= 0.3 is 0 Å². The molecule has 1 aromatic heterocycles. The number of carbonyl (C=O) groups excluding carboxylic acids is 1. The summed E-state index contributed by atoms with van der Waals surface area (Å²) in [5, 5.41) is 12.2. The molecule has 0 fully saturated rings. The summed E-state index contributed by atoms with van der Waals surface area (Å²) >= 11 is 1.43.